The normalized spacial score (nSPS) is 12.9. The van der Waals surface area contributed by atoms with Crippen molar-refractivity contribution in [3.63, 3.8) is 0 Å². The standard InChI is InChI=1S/C23H20N4O2S/c28-30(29,18-9-2-1-3-10-18)27(16-6-13-21-24-14-15-25-21)23-19-11-4-7-17-8-5-12-20(26-23)22(17)19/h1-5,7-12,14-15H,6,13,16H2,(H,24,25). The molecule has 0 amide bonds. The van der Waals surface area contributed by atoms with E-state index in [1.54, 1.807) is 36.7 Å². The van der Waals surface area contributed by atoms with Gasteiger partial charge in [0.25, 0.3) is 10.0 Å². The van der Waals surface area contributed by atoms with Crippen LogP contribution in [0, 0.1) is 0 Å². The van der Waals surface area contributed by atoms with Crippen molar-refractivity contribution in [2.45, 2.75) is 17.7 Å². The average molecular weight is 417 g/mol. The molecule has 0 bridgehead atoms. The number of aryl methyl sites for hydroxylation is 1. The highest BCUT2D eigenvalue weighted by molar-refractivity contribution is 7.89. The number of aromatic amines is 1. The van der Waals surface area contributed by atoms with Crippen LogP contribution in [-0.4, -0.2) is 35.1 Å². The zero-order valence-electron chi connectivity index (χ0n) is 16.2. The molecule has 0 unspecified atom stereocenters. The fourth-order valence-corrected chi connectivity index (χ4v) is 5.34. The molecule has 0 radical (unpaired) electrons. The summed E-state index contributed by atoms with van der Waals surface area (Å²) in [6, 6.07) is 20.3. The number of nitrogens with one attached hydrogen (secondary N) is 1. The maximum absolute atomic E-state index is 13.6. The monoisotopic (exact) mass is 416 g/mol. The zero-order valence-corrected chi connectivity index (χ0v) is 17.0. The fourth-order valence-electron chi connectivity index (χ4n) is 3.85. The van der Waals surface area contributed by atoms with Crippen molar-refractivity contribution in [3.8, 4) is 0 Å². The second-order valence-corrected chi connectivity index (χ2v) is 9.01. The van der Waals surface area contributed by atoms with Crippen molar-refractivity contribution in [2.24, 2.45) is 4.99 Å². The number of aromatic nitrogens is 2. The minimum Gasteiger partial charge on any atom is -0.349 e. The molecule has 1 aromatic heterocycles. The van der Waals surface area contributed by atoms with Crippen LogP contribution in [0.1, 0.15) is 17.8 Å². The summed E-state index contributed by atoms with van der Waals surface area (Å²) in [5, 5.41) is 2.05. The Labute approximate surface area is 175 Å². The Hall–Kier alpha value is -3.45. The van der Waals surface area contributed by atoms with Crippen molar-refractivity contribution < 1.29 is 8.42 Å². The summed E-state index contributed by atoms with van der Waals surface area (Å²) in [5.41, 5.74) is 1.65. The number of H-pyrrole nitrogens is 1. The Bertz CT molecular complexity index is 1330. The molecule has 5 rings (SSSR count). The summed E-state index contributed by atoms with van der Waals surface area (Å²) in [5.74, 6) is 1.32. The summed E-state index contributed by atoms with van der Waals surface area (Å²) in [7, 11) is -3.77. The van der Waals surface area contributed by atoms with E-state index in [9.17, 15) is 8.42 Å². The van der Waals surface area contributed by atoms with E-state index in [-0.39, 0.29) is 4.90 Å². The quantitative estimate of drug-likeness (QED) is 0.510. The smallest absolute Gasteiger partial charge is 0.265 e. The maximum Gasteiger partial charge on any atom is 0.265 e. The second-order valence-electron chi connectivity index (χ2n) is 7.15. The number of hydrogen-bond donors (Lipinski definition) is 1. The predicted octanol–water partition coefficient (Wildman–Crippen LogP) is 4.28. The average Bonchev–Trinajstić information content (AvgIpc) is 3.42. The van der Waals surface area contributed by atoms with Crippen LogP contribution in [0.25, 0.3) is 10.8 Å². The van der Waals surface area contributed by atoms with Gasteiger partial charge >= 0.3 is 0 Å². The minimum absolute atomic E-state index is 0.258. The Morgan fingerprint density at radius 2 is 1.73 bits per heavy atom. The summed E-state index contributed by atoms with van der Waals surface area (Å²) in [6.07, 6.45) is 4.74. The molecular weight excluding hydrogens is 396 g/mol. The highest BCUT2D eigenvalue weighted by Crippen LogP contribution is 2.37. The summed E-state index contributed by atoms with van der Waals surface area (Å²) in [4.78, 5) is 12.3. The number of nitrogens with zero attached hydrogens (tertiary/aromatic N) is 3. The van der Waals surface area contributed by atoms with Crippen LogP contribution in [0.2, 0.25) is 0 Å². The van der Waals surface area contributed by atoms with E-state index < -0.39 is 10.0 Å². The zero-order chi connectivity index (χ0) is 20.6. The first kappa shape index (κ1) is 18.6. The highest BCUT2D eigenvalue weighted by Gasteiger charge is 2.32. The fraction of sp³-hybridized carbons (Fsp3) is 0.130. The molecule has 4 aromatic rings. The van der Waals surface area contributed by atoms with E-state index in [1.165, 1.54) is 4.31 Å². The Morgan fingerprint density at radius 1 is 0.933 bits per heavy atom. The van der Waals surface area contributed by atoms with E-state index in [2.05, 4.69) is 9.97 Å². The molecule has 150 valence electrons. The lowest BCUT2D eigenvalue weighted by Gasteiger charge is -2.24. The lowest BCUT2D eigenvalue weighted by molar-refractivity contribution is 0.511. The largest absolute Gasteiger partial charge is 0.349 e. The van der Waals surface area contributed by atoms with Gasteiger partial charge in [0.1, 0.15) is 5.82 Å². The first-order chi connectivity index (χ1) is 14.6. The van der Waals surface area contributed by atoms with E-state index >= 15 is 0 Å². The molecule has 1 N–H and O–H groups in total. The Morgan fingerprint density at radius 3 is 2.50 bits per heavy atom. The molecule has 0 atom stereocenters. The first-order valence-corrected chi connectivity index (χ1v) is 11.3. The third-order valence-electron chi connectivity index (χ3n) is 5.25. The third kappa shape index (κ3) is 3.17. The molecule has 0 spiro atoms. The number of imidazole rings is 1. The van der Waals surface area contributed by atoms with Gasteiger partial charge in [-0.15, -0.1) is 0 Å². The molecule has 1 aliphatic heterocycles. The Kier molecular flexibility index (Phi) is 4.59. The SMILES string of the molecule is O=S(=O)(c1ccccc1)N(CCCc1ncc[nH]1)C1=Nc2cccc3cccc1c23. The van der Waals surface area contributed by atoms with Crippen molar-refractivity contribution >= 4 is 32.3 Å². The molecule has 6 nitrogen and oxygen atoms in total. The van der Waals surface area contributed by atoms with Gasteiger partial charge in [-0.3, -0.25) is 0 Å². The number of hydrogen-bond acceptors (Lipinski definition) is 4. The molecule has 1 aliphatic rings. The van der Waals surface area contributed by atoms with Crippen LogP contribution in [0.3, 0.4) is 0 Å². The van der Waals surface area contributed by atoms with Gasteiger partial charge in [0.15, 0.2) is 5.84 Å². The number of aliphatic imine (C=N–C) groups is 1. The highest BCUT2D eigenvalue weighted by atomic mass is 32.2. The van der Waals surface area contributed by atoms with E-state index in [0.29, 0.717) is 25.2 Å². The number of sulfonamides is 1. The molecule has 2 heterocycles. The molecule has 0 saturated carbocycles. The summed E-state index contributed by atoms with van der Waals surface area (Å²) >= 11 is 0. The summed E-state index contributed by atoms with van der Waals surface area (Å²) in [6.45, 7) is 0.307. The predicted molar refractivity (Wildman–Crippen MR) is 117 cm³/mol. The van der Waals surface area contributed by atoms with Crippen LogP contribution in [-0.2, 0) is 16.4 Å². The van der Waals surface area contributed by atoms with Gasteiger partial charge in [-0.25, -0.2) is 22.7 Å². The Balaban J connectivity index is 1.56. The van der Waals surface area contributed by atoms with Crippen molar-refractivity contribution in [1.29, 1.82) is 0 Å². The van der Waals surface area contributed by atoms with Gasteiger partial charge in [0.05, 0.1) is 10.6 Å². The van der Waals surface area contributed by atoms with Crippen LogP contribution < -0.4 is 0 Å². The van der Waals surface area contributed by atoms with Crippen molar-refractivity contribution in [2.75, 3.05) is 6.54 Å². The molecular formula is C23H20N4O2S. The molecule has 0 fully saturated rings. The van der Waals surface area contributed by atoms with E-state index in [1.807, 2.05) is 42.5 Å². The third-order valence-corrected chi connectivity index (χ3v) is 7.05. The lowest BCUT2D eigenvalue weighted by Crippen LogP contribution is -2.37. The topological polar surface area (TPSA) is 78.4 Å². The van der Waals surface area contributed by atoms with Crippen LogP contribution >= 0.6 is 0 Å². The maximum atomic E-state index is 13.6. The van der Waals surface area contributed by atoms with E-state index in [0.717, 1.165) is 27.8 Å². The van der Waals surface area contributed by atoms with Gasteiger partial charge in [-0.05, 0) is 30.0 Å². The van der Waals surface area contributed by atoms with Gasteiger partial charge in [-0.1, -0.05) is 48.5 Å². The van der Waals surface area contributed by atoms with Gasteiger partial charge in [-0.2, -0.15) is 0 Å². The molecule has 30 heavy (non-hydrogen) atoms. The molecule has 0 saturated heterocycles. The van der Waals surface area contributed by atoms with Crippen molar-refractivity contribution in [1.82, 2.24) is 14.3 Å². The van der Waals surface area contributed by atoms with Crippen LogP contribution in [0.5, 0.6) is 0 Å². The van der Waals surface area contributed by atoms with Crippen molar-refractivity contribution in [3.05, 3.63) is 90.5 Å². The van der Waals surface area contributed by atoms with Crippen LogP contribution in [0.15, 0.2) is 89.0 Å². The van der Waals surface area contributed by atoms with E-state index in [4.69, 9.17) is 4.99 Å². The summed E-state index contributed by atoms with van der Waals surface area (Å²) < 4.78 is 28.7. The lowest BCUT2D eigenvalue weighted by atomic mass is 10.0. The van der Waals surface area contributed by atoms with Gasteiger partial charge in [0, 0.05) is 36.3 Å². The minimum atomic E-state index is -3.77. The first-order valence-electron chi connectivity index (χ1n) is 9.81. The molecule has 7 heteroatoms. The second kappa shape index (κ2) is 7.42. The number of rotatable bonds is 6. The number of benzene rings is 3. The van der Waals surface area contributed by atoms with Crippen LogP contribution in [0.4, 0.5) is 5.69 Å². The molecule has 3 aromatic carbocycles. The van der Waals surface area contributed by atoms with Gasteiger partial charge < -0.3 is 4.98 Å². The van der Waals surface area contributed by atoms with Gasteiger partial charge in [0.2, 0.25) is 0 Å². The number of amidine groups is 1. The molecule has 0 aliphatic carbocycles.